The van der Waals surface area contributed by atoms with Gasteiger partial charge in [-0.1, -0.05) is 26.0 Å². The summed E-state index contributed by atoms with van der Waals surface area (Å²) in [6.07, 6.45) is 1.15. The molecule has 0 bridgehead atoms. The van der Waals surface area contributed by atoms with E-state index in [1.807, 2.05) is 13.8 Å². The van der Waals surface area contributed by atoms with E-state index in [1.54, 1.807) is 18.2 Å². The number of fused-ring (bicyclic) bond motifs is 1. The minimum atomic E-state index is -0.305. The smallest absolute Gasteiger partial charge is 0.150 e. The fraction of sp³-hybridized carbons (Fsp3) is 0.167. The van der Waals surface area contributed by atoms with Gasteiger partial charge in [-0.3, -0.25) is 0 Å². The second-order valence-electron chi connectivity index (χ2n) is 5.92. The van der Waals surface area contributed by atoms with Crippen LogP contribution in [0.4, 0.5) is 16.0 Å². The highest BCUT2D eigenvalue weighted by Gasteiger charge is 2.19. The quantitative estimate of drug-likeness (QED) is 0.639. The van der Waals surface area contributed by atoms with Gasteiger partial charge in [0.05, 0.1) is 5.69 Å². The van der Waals surface area contributed by atoms with Crippen molar-refractivity contribution >= 4 is 28.8 Å². The van der Waals surface area contributed by atoms with Crippen molar-refractivity contribution in [2.24, 2.45) is 0 Å². The number of halogens is 1. The van der Waals surface area contributed by atoms with Gasteiger partial charge in [-0.05, 0) is 29.7 Å². The van der Waals surface area contributed by atoms with Crippen LogP contribution in [-0.2, 0) is 0 Å². The van der Waals surface area contributed by atoms with Crippen LogP contribution in [-0.4, -0.2) is 16.2 Å². The predicted molar refractivity (Wildman–Crippen MR) is 95.7 cm³/mol. The van der Waals surface area contributed by atoms with Crippen molar-refractivity contribution in [2.45, 2.75) is 19.8 Å². The van der Waals surface area contributed by atoms with Gasteiger partial charge in [-0.2, -0.15) is 0 Å². The van der Waals surface area contributed by atoms with Gasteiger partial charge in [0.1, 0.15) is 23.0 Å². The van der Waals surface area contributed by atoms with Crippen molar-refractivity contribution in [2.75, 3.05) is 11.5 Å². The first-order valence-electron chi connectivity index (χ1n) is 7.58. The van der Waals surface area contributed by atoms with Crippen LogP contribution >= 0.6 is 0 Å². The van der Waals surface area contributed by atoms with E-state index in [0.29, 0.717) is 16.9 Å². The molecule has 122 valence electrons. The summed E-state index contributed by atoms with van der Waals surface area (Å²) in [4.78, 5) is 8.82. The first-order chi connectivity index (χ1) is 11.4. The molecule has 5 nitrogen and oxygen atoms in total. The van der Waals surface area contributed by atoms with Crippen molar-refractivity contribution in [3.63, 3.8) is 0 Å². The molecule has 24 heavy (non-hydrogen) atoms. The number of anilines is 2. The molecule has 0 saturated heterocycles. The van der Waals surface area contributed by atoms with E-state index in [0.717, 1.165) is 28.4 Å². The van der Waals surface area contributed by atoms with E-state index in [2.05, 4.69) is 9.97 Å². The predicted octanol–water partition coefficient (Wildman–Crippen LogP) is 3.72. The van der Waals surface area contributed by atoms with Gasteiger partial charge < -0.3 is 16.9 Å². The Hall–Kier alpha value is -3.02. The lowest BCUT2D eigenvalue weighted by Gasteiger charge is -2.17. The number of nitrogens with one attached hydrogen (secondary N) is 1. The van der Waals surface area contributed by atoms with Gasteiger partial charge in [0.25, 0.3) is 0 Å². The first-order valence-corrected chi connectivity index (χ1v) is 7.58. The second kappa shape index (κ2) is 5.88. The van der Waals surface area contributed by atoms with Gasteiger partial charge in [0.15, 0.2) is 0 Å². The molecule has 5 N–H and O–H groups in total. The third-order valence-electron chi connectivity index (χ3n) is 3.93. The number of pyridine rings is 2. The SMILES string of the molecule is CC(C)c1nc(N)c2nc(N)c(C=N)cc2c1-c1ccc(F)cc1. The van der Waals surface area contributed by atoms with Crippen LogP contribution in [0.1, 0.15) is 31.0 Å². The number of nitrogens with zero attached hydrogens (tertiary/aromatic N) is 2. The molecule has 0 aliphatic carbocycles. The van der Waals surface area contributed by atoms with Crippen LogP contribution in [0.15, 0.2) is 30.3 Å². The van der Waals surface area contributed by atoms with Crippen LogP contribution in [0.25, 0.3) is 22.0 Å². The van der Waals surface area contributed by atoms with Gasteiger partial charge >= 0.3 is 0 Å². The lowest BCUT2D eigenvalue weighted by atomic mass is 9.93. The minimum absolute atomic E-state index is 0.109. The average Bonchev–Trinajstić information content (AvgIpc) is 2.55. The molecule has 0 saturated carbocycles. The van der Waals surface area contributed by atoms with Crippen LogP contribution < -0.4 is 11.5 Å². The van der Waals surface area contributed by atoms with Crippen molar-refractivity contribution in [1.82, 2.24) is 9.97 Å². The molecule has 0 spiro atoms. The zero-order chi connectivity index (χ0) is 17.4. The molecule has 0 fully saturated rings. The van der Waals surface area contributed by atoms with Crippen molar-refractivity contribution in [3.8, 4) is 11.1 Å². The molecule has 0 radical (unpaired) electrons. The molecular weight excluding hydrogens is 305 g/mol. The molecule has 3 rings (SSSR count). The lowest BCUT2D eigenvalue weighted by Crippen LogP contribution is -2.06. The summed E-state index contributed by atoms with van der Waals surface area (Å²) in [5.74, 6) is 0.328. The van der Waals surface area contributed by atoms with Crippen molar-refractivity contribution in [1.29, 1.82) is 5.41 Å². The van der Waals surface area contributed by atoms with Crippen molar-refractivity contribution < 1.29 is 4.39 Å². The Morgan fingerprint density at radius 1 is 1.08 bits per heavy atom. The van der Waals surface area contributed by atoms with E-state index in [-0.39, 0.29) is 17.6 Å². The molecule has 0 aliphatic rings. The summed E-state index contributed by atoms with van der Waals surface area (Å²) in [5, 5.41) is 8.27. The Balaban J connectivity index is 2.47. The zero-order valence-electron chi connectivity index (χ0n) is 13.5. The summed E-state index contributed by atoms with van der Waals surface area (Å²) in [6.45, 7) is 4.03. The number of nitrogen functional groups attached to an aromatic ring is 2. The Labute approximate surface area is 139 Å². The van der Waals surface area contributed by atoms with Crippen LogP contribution in [0.2, 0.25) is 0 Å². The Morgan fingerprint density at radius 3 is 2.33 bits per heavy atom. The fourth-order valence-corrected chi connectivity index (χ4v) is 2.76. The van der Waals surface area contributed by atoms with E-state index in [1.165, 1.54) is 12.1 Å². The van der Waals surface area contributed by atoms with Gasteiger partial charge in [0.2, 0.25) is 0 Å². The summed E-state index contributed by atoms with van der Waals surface area (Å²) >= 11 is 0. The molecule has 2 heterocycles. The monoisotopic (exact) mass is 323 g/mol. The van der Waals surface area contributed by atoms with Crippen molar-refractivity contribution in [3.05, 3.63) is 47.4 Å². The number of benzene rings is 1. The summed E-state index contributed by atoms with van der Waals surface area (Å²) in [7, 11) is 0. The molecular formula is C18H18FN5. The Kier molecular flexibility index (Phi) is 3.89. The van der Waals surface area contributed by atoms with E-state index in [9.17, 15) is 4.39 Å². The highest BCUT2D eigenvalue weighted by Crippen LogP contribution is 2.37. The molecule has 1 aromatic carbocycles. The average molecular weight is 323 g/mol. The normalized spacial score (nSPS) is 11.2. The molecule has 0 aliphatic heterocycles. The zero-order valence-corrected chi connectivity index (χ0v) is 13.5. The van der Waals surface area contributed by atoms with Gasteiger partial charge in [-0.25, -0.2) is 14.4 Å². The largest absolute Gasteiger partial charge is 0.383 e. The number of aromatic nitrogens is 2. The molecule has 2 aromatic heterocycles. The fourth-order valence-electron chi connectivity index (χ4n) is 2.76. The van der Waals surface area contributed by atoms with Gasteiger partial charge in [0, 0.05) is 22.7 Å². The van der Waals surface area contributed by atoms with Gasteiger partial charge in [-0.15, -0.1) is 0 Å². The first kappa shape index (κ1) is 15.9. The minimum Gasteiger partial charge on any atom is -0.383 e. The number of nitrogens with two attached hydrogens (primary N) is 2. The molecule has 0 amide bonds. The molecule has 3 aromatic rings. The standard InChI is InChI=1S/C18H18FN5/c1-9(2)15-14(10-3-5-12(19)6-4-10)13-7-11(8-20)17(21)24-16(13)18(22)23-15/h3-9,20H,1-2H3,(H2,21,24)(H2,22,23). The van der Waals surface area contributed by atoms with E-state index in [4.69, 9.17) is 16.9 Å². The third-order valence-corrected chi connectivity index (χ3v) is 3.93. The Morgan fingerprint density at radius 2 is 1.75 bits per heavy atom. The van der Waals surface area contributed by atoms with Crippen LogP contribution in [0, 0.1) is 11.2 Å². The maximum atomic E-state index is 13.3. The maximum absolute atomic E-state index is 13.3. The van der Waals surface area contributed by atoms with E-state index < -0.39 is 0 Å². The van der Waals surface area contributed by atoms with E-state index >= 15 is 0 Å². The topological polar surface area (TPSA) is 102 Å². The highest BCUT2D eigenvalue weighted by molar-refractivity contribution is 6.04. The number of hydrogen-bond donors (Lipinski definition) is 3. The molecule has 0 unspecified atom stereocenters. The Bertz CT molecular complexity index is 933. The lowest BCUT2D eigenvalue weighted by molar-refractivity contribution is 0.628. The summed E-state index contributed by atoms with van der Waals surface area (Å²) in [5.41, 5.74) is 15.4. The molecule has 6 heteroatoms. The number of rotatable bonds is 3. The summed E-state index contributed by atoms with van der Waals surface area (Å²) < 4.78 is 13.3. The summed E-state index contributed by atoms with van der Waals surface area (Å²) in [6, 6.07) is 8.00. The molecule has 0 atom stereocenters. The maximum Gasteiger partial charge on any atom is 0.150 e. The second-order valence-corrected chi connectivity index (χ2v) is 5.92. The van der Waals surface area contributed by atoms with Crippen LogP contribution in [0.5, 0.6) is 0 Å². The van der Waals surface area contributed by atoms with Crippen LogP contribution in [0.3, 0.4) is 0 Å². The third kappa shape index (κ3) is 2.56. The highest BCUT2D eigenvalue weighted by atomic mass is 19.1. The number of hydrogen-bond acceptors (Lipinski definition) is 5.